The van der Waals surface area contributed by atoms with Crippen molar-refractivity contribution in [3.8, 4) is 0 Å². The number of unbranched alkanes of at least 4 members (excludes halogenated alkanes) is 1. The molecule has 2 N–H and O–H groups in total. The number of amides is 1. The van der Waals surface area contributed by atoms with Gasteiger partial charge in [-0.25, -0.2) is 0 Å². The summed E-state index contributed by atoms with van der Waals surface area (Å²) in [6.07, 6.45) is 1.73. The predicted molar refractivity (Wildman–Crippen MR) is 75.3 cm³/mol. The standard InChI is InChI=1S/C13H19ClN2O2/c1-16(2)13-10(14)6-5-7-11(13)15-12(18)8-3-4-9-17/h5-7,17H,3-4,8-9H2,1-2H3,(H,15,18). The topological polar surface area (TPSA) is 52.6 Å². The highest BCUT2D eigenvalue weighted by atomic mass is 35.5. The lowest BCUT2D eigenvalue weighted by atomic mass is 10.2. The van der Waals surface area contributed by atoms with E-state index in [4.69, 9.17) is 16.7 Å². The number of aliphatic hydroxyl groups excluding tert-OH is 1. The maximum atomic E-state index is 11.7. The Hall–Kier alpha value is -1.26. The SMILES string of the molecule is CN(C)c1c(Cl)cccc1NC(=O)CCCCO. The Bertz CT molecular complexity index is 408. The summed E-state index contributed by atoms with van der Waals surface area (Å²) in [5.41, 5.74) is 1.51. The number of halogens is 1. The first-order valence-electron chi connectivity index (χ1n) is 5.92. The van der Waals surface area contributed by atoms with Crippen molar-refractivity contribution in [2.24, 2.45) is 0 Å². The number of carbonyl (C=O) groups is 1. The van der Waals surface area contributed by atoms with Crippen LogP contribution in [0.4, 0.5) is 11.4 Å². The monoisotopic (exact) mass is 270 g/mol. The van der Waals surface area contributed by atoms with Crippen molar-refractivity contribution in [2.45, 2.75) is 19.3 Å². The number of hydrogen-bond acceptors (Lipinski definition) is 3. The minimum Gasteiger partial charge on any atom is -0.396 e. The van der Waals surface area contributed by atoms with Gasteiger partial charge in [0.25, 0.3) is 0 Å². The third-order valence-electron chi connectivity index (χ3n) is 2.52. The number of anilines is 2. The first-order valence-corrected chi connectivity index (χ1v) is 6.30. The smallest absolute Gasteiger partial charge is 0.224 e. The number of aliphatic hydroxyl groups is 1. The molecule has 0 bridgehead atoms. The zero-order valence-electron chi connectivity index (χ0n) is 10.7. The molecule has 0 spiro atoms. The summed E-state index contributed by atoms with van der Waals surface area (Å²) in [5, 5.41) is 12.1. The highest BCUT2D eigenvalue weighted by Gasteiger charge is 2.11. The molecule has 1 amide bonds. The van der Waals surface area contributed by atoms with Crippen molar-refractivity contribution >= 4 is 28.9 Å². The van der Waals surface area contributed by atoms with E-state index >= 15 is 0 Å². The Morgan fingerprint density at radius 1 is 1.39 bits per heavy atom. The van der Waals surface area contributed by atoms with Gasteiger partial charge in [0.2, 0.25) is 5.91 Å². The van der Waals surface area contributed by atoms with E-state index in [1.807, 2.05) is 25.1 Å². The summed E-state index contributed by atoms with van der Waals surface area (Å²) < 4.78 is 0. The van der Waals surface area contributed by atoms with E-state index in [0.717, 1.165) is 5.69 Å². The lowest BCUT2D eigenvalue weighted by Crippen LogP contribution is -2.16. The number of nitrogens with zero attached hydrogens (tertiary/aromatic N) is 1. The molecule has 4 nitrogen and oxygen atoms in total. The number of nitrogens with one attached hydrogen (secondary N) is 1. The van der Waals surface area contributed by atoms with Crippen LogP contribution in [0.2, 0.25) is 5.02 Å². The fourth-order valence-corrected chi connectivity index (χ4v) is 2.02. The van der Waals surface area contributed by atoms with Gasteiger partial charge in [0.15, 0.2) is 0 Å². The summed E-state index contributed by atoms with van der Waals surface area (Å²) in [5.74, 6) is -0.0613. The van der Waals surface area contributed by atoms with Crippen molar-refractivity contribution < 1.29 is 9.90 Å². The highest BCUT2D eigenvalue weighted by molar-refractivity contribution is 6.34. The summed E-state index contributed by atoms with van der Waals surface area (Å²) in [6, 6.07) is 5.42. The molecule has 0 aliphatic carbocycles. The quantitative estimate of drug-likeness (QED) is 0.781. The van der Waals surface area contributed by atoms with Crippen LogP contribution in [0.1, 0.15) is 19.3 Å². The van der Waals surface area contributed by atoms with E-state index in [2.05, 4.69) is 5.32 Å². The first kappa shape index (κ1) is 14.8. The van der Waals surface area contributed by atoms with Crippen LogP contribution in [-0.4, -0.2) is 31.7 Å². The van der Waals surface area contributed by atoms with Crippen LogP contribution in [-0.2, 0) is 4.79 Å². The highest BCUT2D eigenvalue weighted by Crippen LogP contribution is 2.32. The molecule has 1 aromatic rings. The predicted octanol–water partition coefficient (Wildman–Crippen LogP) is 2.51. The van der Waals surface area contributed by atoms with Gasteiger partial charge in [0.1, 0.15) is 0 Å². The van der Waals surface area contributed by atoms with Crippen molar-refractivity contribution in [2.75, 3.05) is 30.9 Å². The molecular weight excluding hydrogens is 252 g/mol. The molecule has 0 unspecified atom stereocenters. The largest absolute Gasteiger partial charge is 0.396 e. The van der Waals surface area contributed by atoms with Gasteiger partial charge in [-0.05, 0) is 25.0 Å². The molecule has 0 aliphatic rings. The molecule has 0 atom stereocenters. The summed E-state index contributed by atoms with van der Waals surface area (Å²) in [6.45, 7) is 0.118. The molecule has 100 valence electrons. The number of rotatable bonds is 6. The van der Waals surface area contributed by atoms with Gasteiger partial charge in [0.05, 0.1) is 16.4 Å². The molecule has 0 radical (unpaired) electrons. The Kier molecular flexibility index (Phi) is 5.95. The molecule has 1 rings (SSSR count). The summed E-state index contributed by atoms with van der Waals surface area (Å²) in [4.78, 5) is 13.6. The van der Waals surface area contributed by atoms with Gasteiger partial charge in [-0.1, -0.05) is 17.7 Å². The molecule has 0 aliphatic heterocycles. The summed E-state index contributed by atoms with van der Waals surface area (Å²) in [7, 11) is 3.76. The lowest BCUT2D eigenvalue weighted by molar-refractivity contribution is -0.116. The normalized spacial score (nSPS) is 10.2. The van der Waals surface area contributed by atoms with Gasteiger partial charge in [-0.3, -0.25) is 4.79 Å². The third-order valence-corrected chi connectivity index (χ3v) is 2.83. The molecule has 1 aromatic carbocycles. The van der Waals surface area contributed by atoms with Crippen LogP contribution in [0.15, 0.2) is 18.2 Å². The zero-order chi connectivity index (χ0) is 13.5. The second kappa shape index (κ2) is 7.24. The fraction of sp³-hybridized carbons (Fsp3) is 0.462. The molecule has 0 aromatic heterocycles. The number of para-hydroxylation sites is 1. The zero-order valence-corrected chi connectivity index (χ0v) is 11.5. The molecular formula is C13H19ClN2O2. The summed E-state index contributed by atoms with van der Waals surface area (Å²) >= 11 is 6.11. The van der Waals surface area contributed by atoms with Crippen molar-refractivity contribution in [1.82, 2.24) is 0 Å². The molecule has 0 saturated heterocycles. The second-order valence-electron chi connectivity index (χ2n) is 4.26. The van der Waals surface area contributed by atoms with E-state index in [9.17, 15) is 4.79 Å². The molecule has 0 heterocycles. The van der Waals surface area contributed by atoms with E-state index < -0.39 is 0 Å². The third kappa shape index (κ3) is 4.20. The van der Waals surface area contributed by atoms with Crippen LogP contribution in [0.5, 0.6) is 0 Å². The van der Waals surface area contributed by atoms with Crippen LogP contribution >= 0.6 is 11.6 Å². The lowest BCUT2D eigenvalue weighted by Gasteiger charge is -2.19. The van der Waals surface area contributed by atoms with E-state index in [0.29, 0.717) is 30.0 Å². The minimum atomic E-state index is -0.0613. The Labute approximate surface area is 113 Å². The van der Waals surface area contributed by atoms with Gasteiger partial charge in [-0.2, -0.15) is 0 Å². The van der Waals surface area contributed by atoms with Crippen LogP contribution < -0.4 is 10.2 Å². The number of carbonyl (C=O) groups excluding carboxylic acids is 1. The van der Waals surface area contributed by atoms with E-state index in [-0.39, 0.29) is 12.5 Å². The van der Waals surface area contributed by atoms with Crippen LogP contribution in [0.25, 0.3) is 0 Å². The van der Waals surface area contributed by atoms with Crippen molar-refractivity contribution in [3.63, 3.8) is 0 Å². The molecule has 0 saturated carbocycles. The van der Waals surface area contributed by atoms with E-state index in [1.165, 1.54) is 0 Å². The second-order valence-corrected chi connectivity index (χ2v) is 4.67. The van der Waals surface area contributed by atoms with Crippen molar-refractivity contribution in [3.05, 3.63) is 23.2 Å². The van der Waals surface area contributed by atoms with Gasteiger partial charge in [0, 0.05) is 27.1 Å². The molecule has 0 fully saturated rings. The first-order chi connectivity index (χ1) is 8.56. The average molecular weight is 271 g/mol. The van der Waals surface area contributed by atoms with Gasteiger partial charge < -0.3 is 15.3 Å². The number of hydrogen-bond donors (Lipinski definition) is 2. The van der Waals surface area contributed by atoms with Crippen molar-refractivity contribution in [1.29, 1.82) is 0 Å². The van der Waals surface area contributed by atoms with Gasteiger partial charge in [-0.15, -0.1) is 0 Å². The maximum absolute atomic E-state index is 11.7. The minimum absolute atomic E-state index is 0.0613. The number of benzene rings is 1. The molecule has 5 heteroatoms. The Balaban J connectivity index is 2.72. The Morgan fingerprint density at radius 2 is 2.11 bits per heavy atom. The van der Waals surface area contributed by atoms with E-state index in [1.54, 1.807) is 12.1 Å². The fourth-order valence-electron chi connectivity index (χ4n) is 1.68. The maximum Gasteiger partial charge on any atom is 0.224 e. The van der Waals surface area contributed by atoms with Crippen LogP contribution in [0, 0.1) is 0 Å². The van der Waals surface area contributed by atoms with Crippen LogP contribution in [0.3, 0.4) is 0 Å². The molecule has 18 heavy (non-hydrogen) atoms. The Morgan fingerprint density at radius 3 is 2.72 bits per heavy atom. The van der Waals surface area contributed by atoms with Gasteiger partial charge >= 0.3 is 0 Å². The average Bonchev–Trinajstić information content (AvgIpc) is 2.28.